The summed E-state index contributed by atoms with van der Waals surface area (Å²) in [6.45, 7) is 1.42. The van der Waals surface area contributed by atoms with E-state index < -0.39 is 17.5 Å². The normalized spacial score (nSPS) is 10.3. The molecule has 0 fully saturated rings. The Hall–Kier alpha value is -2.25. The predicted octanol–water partition coefficient (Wildman–Crippen LogP) is 2.86. The molecule has 1 heterocycles. The number of carbonyl (C=O) groups is 1. The molecule has 2 aromatic rings. The molecule has 4 N–H and O–H groups in total. The molecule has 0 aliphatic heterocycles. The Morgan fingerprint density at radius 2 is 2.00 bits per heavy atom. The summed E-state index contributed by atoms with van der Waals surface area (Å²) in [5, 5.41) is 2.27. The highest BCUT2D eigenvalue weighted by atomic mass is 35.5. The number of hydrogen-bond acceptors (Lipinski definition) is 4. The van der Waals surface area contributed by atoms with Crippen LogP contribution in [0, 0.1) is 18.6 Å². The molecule has 1 aromatic heterocycles. The molecule has 110 valence electrons. The van der Waals surface area contributed by atoms with E-state index >= 15 is 0 Å². The summed E-state index contributed by atoms with van der Waals surface area (Å²) in [4.78, 5) is 15.9. The number of aryl methyl sites for hydroxylation is 1. The zero-order chi connectivity index (χ0) is 15.6. The number of nitrogens with one attached hydrogen (secondary N) is 2. The number of carbonyl (C=O) groups excluding carboxylic acids is 1. The molecule has 0 unspecified atom stereocenters. The number of nitrogen functional groups attached to an aromatic ring is 1. The summed E-state index contributed by atoms with van der Waals surface area (Å²) in [6, 6.07) is 4.75. The Bertz CT molecular complexity index is 709. The maximum atomic E-state index is 13.7. The number of pyridine rings is 1. The lowest BCUT2D eigenvalue weighted by Crippen LogP contribution is -2.17. The van der Waals surface area contributed by atoms with Crippen LogP contribution in [0.15, 0.2) is 24.3 Å². The van der Waals surface area contributed by atoms with Crippen LogP contribution < -0.4 is 16.6 Å². The summed E-state index contributed by atoms with van der Waals surface area (Å²) < 4.78 is 27.1. The van der Waals surface area contributed by atoms with Crippen molar-refractivity contribution in [1.82, 2.24) is 4.98 Å². The Morgan fingerprint density at radius 1 is 1.29 bits per heavy atom. The molecule has 0 saturated carbocycles. The van der Waals surface area contributed by atoms with E-state index in [1.807, 2.05) is 0 Å². The summed E-state index contributed by atoms with van der Waals surface area (Å²) in [7, 11) is 0. The van der Waals surface area contributed by atoms with E-state index in [1.54, 1.807) is 0 Å². The van der Waals surface area contributed by atoms with Crippen LogP contribution in [0.5, 0.6) is 0 Å². The molecular formula is C13H11ClF2N4O. The van der Waals surface area contributed by atoms with Gasteiger partial charge in [0.1, 0.15) is 23.1 Å². The van der Waals surface area contributed by atoms with Gasteiger partial charge in [-0.2, -0.15) is 0 Å². The number of rotatable bonds is 3. The fourth-order valence-corrected chi connectivity index (χ4v) is 1.80. The second-order valence-corrected chi connectivity index (χ2v) is 4.61. The number of amides is 1. The van der Waals surface area contributed by atoms with Gasteiger partial charge >= 0.3 is 0 Å². The van der Waals surface area contributed by atoms with Crippen LogP contribution in [0.3, 0.4) is 0 Å². The number of halogens is 3. The number of anilines is 2. The molecule has 0 atom stereocenters. The number of hydrazine groups is 1. The van der Waals surface area contributed by atoms with E-state index in [9.17, 15) is 13.6 Å². The predicted molar refractivity (Wildman–Crippen MR) is 76.1 cm³/mol. The van der Waals surface area contributed by atoms with Crippen molar-refractivity contribution in [2.45, 2.75) is 6.92 Å². The summed E-state index contributed by atoms with van der Waals surface area (Å²) in [5.74, 6) is 3.22. The fraction of sp³-hybridized carbons (Fsp3) is 0.0769. The second-order valence-electron chi connectivity index (χ2n) is 4.21. The quantitative estimate of drug-likeness (QED) is 0.601. The average Bonchev–Trinajstić information content (AvgIpc) is 2.45. The molecule has 0 aliphatic rings. The number of benzene rings is 1. The van der Waals surface area contributed by atoms with Gasteiger partial charge in [-0.1, -0.05) is 11.6 Å². The summed E-state index contributed by atoms with van der Waals surface area (Å²) >= 11 is 5.85. The van der Waals surface area contributed by atoms with E-state index in [0.29, 0.717) is 0 Å². The molecule has 5 nitrogen and oxygen atoms in total. The van der Waals surface area contributed by atoms with E-state index in [0.717, 1.165) is 12.1 Å². The van der Waals surface area contributed by atoms with Gasteiger partial charge < -0.3 is 10.7 Å². The number of aromatic nitrogens is 1. The first-order valence-electron chi connectivity index (χ1n) is 5.82. The topological polar surface area (TPSA) is 80.0 Å². The molecule has 8 heteroatoms. The number of nitrogens with zero attached hydrogens (tertiary/aromatic N) is 1. The SMILES string of the molecule is Cc1cc(F)c(NC(=O)c2nc(NN)ccc2Cl)cc1F. The molecule has 1 aromatic carbocycles. The highest BCUT2D eigenvalue weighted by Gasteiger charge is 2.16. The van der Waals surface area contributed by atoms with Crippen molar-refractivity contribution in [3.63, 3.8) is 0 Å². The van der Waals surface area contributed by atoms with E-state index in [2.05, 4.69) is 15.7 Å². The average molecular weight is 313 g/mol. The lowest BCUT2D eigenvalue weighted by atomic mass is 10.2. The molecular weight excluding hydrogens is 302 g/mol. The smallest absolute Gasteiger partial charge is 0.275 e. The van der Waals surface area contributed by atoms with Gasteiger partial charge in [0, 0.05) is 6.07 Å². The zero-order valence-electron chi connectivity index (χ0n) is 10.9. The van der Waals surface area contributed by atoms with Crippen molar-refractivity contribution < 1.29 is 13.6 Å². The maximum Gasteiger partial charge on any atom is 0.275 e. The Morgan fingerprint density at radius 3 is 2.67 bits per heavy atom. The van der Waals surface area contributed by atoms with Crippen molar-refractivity contribution in [3.05, 3.63) is 52.2 Å². The van der Waals surface area contributed by atoms with Crippen LogP contribution in [-0.2, 0) is 0 Å². The zero-order valence-corrected chi connectivity index (χ0v) is 11.6. The first-order valence-corrected chi connectivity index (χ1v) is 6.20. The van der Waals surface area contributed by atoms with Gasteiger partial charge in [-0.3, -0.25) is 4.79 Å². The van der Waals surface area contributed by atoms with Gasteiger partial charge in [-0.15, -0.1) is 0 Å². The molecule has 0 spiro atoms. The third-order valence-corrected chi connectivity index (χ3v) is 3.01. The van der Waals surface area contributed by atoms with Crippen LogP contribution in [0.2, 0.25) is 5.02 Å². The molecule has 21 heavy (non-hydrogen) atoms. The minimum absolute atomic E-state index is 0.0551. The van der Waals surface area contributed by atoms with Crippen LogP contribution in [0.1, 0.15) is 16.1 Å². The number of hydrogen-bond donors (Lipinski definition) is 3. The minimum Gasteiger partial charge on any atom is -0.318 e. The summed E-state index contributed by atoms with van der Waals surface area (Å²) in [5.41, 5.74) is 1.93. The first-order chi connectivity index (χ1) is 9.92. The monoisotopic (exact) mass is 312 g/mol. The van der Waals surface area contributed by atoms with Crippen molar-refractivity contribution in [3.8, 4) is 0 Å². The molecule has 2 rings (SSSR count). The van der Waals surface area contributed by atoms with E-state index in [4.69, 9.17) is 17.4 Å². The van der Waals surface area contributed by atoms with Crippen LogP contribution in [0.4, 0.5) is 20.3 Å². The lowest BCUT2D eigenvalue weighted by molar-refractivity contribution is 0.102. The largest absolute Gasteiger partial charge is 0.318 e. The molecule has 0 saturated heterocycles. The lowest BCUT2D eigenvalue weighted by Gasteiger charge is -2.09. The first kappa shape index (κ1) is 15.1. The minimum atomic E-state index is -0.778. The maximum absolute atomic E-state index is 13.7. The van der Waals surface area contributed by atoms with E-state index in [1.165, 1.54) is 19.1 Å². The van der Waals surface area contributed by atoms with Gasteiger partial charge in [-0.05, 0) is 30.7 Å². The second kappa shape index (κ2) is 6.02. The Balaban J connectivity index is 2.32. The van der Waals surface area contributed by atoms with Crippen molar-refractivity contribution in [2.75, 3.05) is 10.7 Å². The van der Waals surface area contributed by atoms with Crippen molar-refractivity contribution in [1.29, 1.82) is 0 Å². The van der Waals surface area contributed by atoms with Gasteiger partial charge in [0.2, 0.25) is 0 Å². The molecule has 0 radical (unpaired) electrons. The number of nitrogens with two attached hydrogens (primary N) is 1. The van der Waals surface area contributed by atoms with Gasteiger partial charge in [-0.25, -0.2) is 19.6 Å². The fourth-order valence-electron chi connectivity index (χ4n) is 1.61. The van der Waals surface area contributed by atoms with Gasteiger partial charge in [0.05, 0.1) is 10.7 Å². The summed E-state index contributed by atoms with van der Waals surface area (Å²) in [6.07, 6.45) is 0. The van der Waals surface area contributed by atoms with Crippen LogP contribution in [-0.4, -0.2) is 10.9 Å². The highest BCUT2D eigenvalue weighted by Crippen LogP contribution is 2.21. The molecule has 1 amide bonds. The third-order valence-electron chi connectivity index (χ3n) is 2.71. The van der Waals surface area contributed by atoms with E-state index in [-0.39, 0.29) is 27.8 Å². The van der Waals surface area contributed by atoms with Crippen molar-refractivity contribution >= 4 is 29.0 Å². The molecule has 0 bridgehead atoms. The van der Waals surface area contributed by atoms with Crippen molar-refractivity contribution in [2.24, 2.45) is 5.84 Å². The Labute approximate surface area is 124 Å². The highest BCUT2D eigenvalue weighted by molar-refractivity contribution is 6.34. The van der Waals surface area contributed by atoms with Gasteiger partial charge in [0.15, 0.2) is 0 Å². The Kier molecular flexibility index (Phi) is 4.35. The standard InChI is InChI=1S/C13H11ClF2N4O/c1-6-4-9(16)10(5-8(6)15)18-13(21)12-7(14)2-3-11(19-12)20-17/h2-5H,17H2,1H3,(H,18,21)(H,19,20). The molecule has 0 aliphatic carbocycles. The van der Waals surface area contributed by atoms with Gasteiger partial charge in [0.25, 0.3) is 5.91 Å². The van der Waals surface area contributed by atoms with Crippen LogP contribution >= 0.6 is 11.6 Å². The third kappa shape index (κ3) is 3.26. The van der Waals surface area contributed by atoms with Crippen LogP contribution in [0.25, 0.3) is 0 Å².